The Bertz CT molecular complexity index is 604. The van der Waals surface area contributed by atoms with Gasteiger partial charge in [-0.25, -0.2) is 0 Å². The fourth-order valence-electron chi connectivity index (χ4n) is 2.48. The average Bonchev–Trinajstić information content (AvgIpc) is 2.96. The van der Waals surface area contributed by atoms with Crippen molar-refractivity contribution in [1.82, 2.24) is 0 Å². The lowest BCUT2D eigenvalue weighted by atomic mass is 10.0. The Balaban J connectivity index is 2.54. The molecule has 0 fully saturated rings. The molecular weight excluding hydrogens is 282 g/mol. The van der Waals surface area contributed by atoms with Gasteiger partial charge >= 0.3 is 0 Å². The molecule has 0 amide bonds. The second kappa shape index (κ2) is 7.20. The highest BCUT2D eigenvalue weighted by Crippen LogP contribution is 2.38. The van der Waals surface area contributed by atoms with Crippen LogP contribution in [-0.4, -0.2) is 50.6 Å². The van der Waals surface area contributed by atoms with Crippen molar-refractivity contribution in [3.05, 3.63) is 30.7 Å². The lowest BCUT2D eigenvalue weighted by molar-refractivity contribution is 0.281. The van der Waals surface area contributed by atoms with Gasteiger partial charge in [-0.1, -0.05) is 0 Å². The first kappa shape index (κ1) is 16.2. The normalized spacial score (nSPS) is 10.7. The van der Waals surface area contributed by atoms with E-state index in [1.54, 1.807) is 12.5 Å². The van der Waals surface area contributed by atoms with Gasteiger partial charge < -0.3 is 30.2 Å². The van der Waals surface area contributed by atoms with E-state index in [0.29, 0.717) is 18.8 Å². The van der Waals surface area contributed by atoms with Crippen LogP contribution in [0.1, 0.15) is 0 Å². The minimum atomic E-state index is 0.00966. The highest BCUT2D eigenvalue weighted by atomic mass is 16.3. The van der Waals surface area contributed by atoms with Crippen LogP contribution in [0, 0.1) is 0 Å². The first-order chi connectivity index (χ1) is 10.6. The van der Waals surface area contributed by atoms with Gasteiger partial charge in [-0.3, -0.25) is 0 Å². The summed E-state index contributed by atoms with van der Waals surface area (Å²) in [6, 6.07) is 5.60. The molecule has 0 atom stereocenters. The summed E-state index contributed by atoms with van der Waals surface area (Å²) in [5.74, 6) is 0. The van der Waals surface area contributed by atoms with Crippen molar-refractivity contribution in [2.24, 2.45) is 0 Å². The largest absolute Gasteiger partial charge is 0.470 e. The SMILES string of the molecule is CN(C)c1cocc1-c1cc(N)ccc1N(CCO)CCO. The van der Waals surface area contributed by atoms with E-state index in [4.69, 9.17) is 10.2 Å². The lowest BCUT2D eigenvalue weighted by Gasteiger charge is -2.26. The third kappa shape index (κ3) is 3.35. The third-order valence-electron chi connectivity index (χ3n) is 3.51. The van der Waals surface area contributed by atoms with E-state index in [-0.39, 0.29) is 13.2 Å². The van der Waals surface area contributed by atoms with Gasteiger partial charge in [0, 0.05) is 49.7 Å². The molecule has 2 rings (SSSR count). The molecular formula is C16H23N3O3. The summed E-state index contributed by atoms with van der Waals surface area (Å²) < 4.78 is 5.36. The summed E-state index contributed by atoms with van der Waals surface area (Å²) >= 11 is 0. The quantitative estimate of drug-likeness (QED) is 0.670. The molecule has 0 aliphatic rings. The molecule has 1 aromatic carbocycles. The van der Waals surface area contributed by atoms with E-state index in [1.807, 2.05) is 42.1 Å². The number of rotatable bonds is 7. The molecule has 2 aromatic rings. The van der Waals surface area contributed by atoms with Crippen molar-refractivity contribution < 1.29 is 14.6 Å². The molecule has 0 aliphatic carbocycles. The first-order valence-corrected chi connectivity index (χ1v) is 7.18. The van der Waals surface area contributed by atoms with Crippen molar-refractivity contribution >= 4 is 17.1 Å². The van der Waals surface area contributed by atoms with Crippen LogP contribution < -0.4 is 15.5 Å². The number of aliphatic hydroxyl groups is 2. The molecule has 6 heteroatoms. The number of hydrogen-bond donors (Lipinski definition) is 3. The minimum absolute atomic E-state index is 0.00966. The molecule has 1 heterocycles. The van der Waals surface area contributed by atoms with Crippen LogP contribution in [0.4, 0.5) is 17.1 Å². The van der Waals surface area contributed by atoms with Crippen molar-refractivity contribution in [1.29, 1.82) is 0 Å². The van der Waals surface area contributed by atoms with Gasteiger partial charge in [0.05, 0.1) is 18.9 Å². The number of furan rings is 1. The topological polar surface area (TPSA) is 86.1 Å². The van der Waals surface area contributed by atoms with Crippen molar-refractivity contribution in [3.63, 3.8) is 0 Å². The number of nitrogens with zero attached hydrogens (tertiary/aromatic N) is 2. The van der Waals surface area contributed by atoms with E-state index in [1.165, 1.54) is 0 Å². The summed E-state index contributed by atoms with van der Waals surface area (Å²) in [6.07, 6.45) is 3.37. The summed E-state index contributed by atoms with van der Waals surface area (Å²) in [5, 5.41) is 18.5. The van der Waals surface area contributed by atoms with Crippen LogP contribution in [-0.2, 0) is 0 Å². The number of benzene rings is 1. The van der Waals surface area contributed by atoms with E-state index in [9.17, 15) is 10.2 Å². The molecule has 4 N–H and O–H groups in total. The van der Waals surface area contributed by atoms with Crippen molar-refractivity contribution in [2.75, 3.05) is 55.9 Å². The highest BCUT2D eigenvalue weighted by molar-refractivity contribution is 5.88. The monoisotopic (exact) mass is 305 g/mol. The highest BCUT2D eigenvalue weighted by Gasteiger charge is 2.17. The number of nitrogens with two attached hydrogens (primary N) is 1. The van der Waals surface area contributed by atoms with Crippen LogP contribution >= 0.6 is 0 Å². The van der Waals surface area contributed by atoms with E-state index in [2.05, 4.69) is 0 Å². The molecule has 120 valence electrons. The van der Waals surface area contributed by atoms with Gasteiger partial charge in [0.1, 0.15) is 12.5 Å². The van der Waals surface area contributed by atoms with Crippen LogP contribution in [0.15, 0.2) is 35.1 Å². The molecule has 0 saturated carbocycles. The Morgan fingerprint density at radius 1 is 1.00 bits per heavy atom. The molecule has 0 bridgehead atoms. The fraction of sp³-hybridized carbons (Fsp3) is 0.375. The summed E-state index contributed by atoms with van der Waals surface area (Å²) in [4.78, 5) is 3.90. The van der Waals surface area contributed by atoms with Crippen LogP contribution in [0.3, 0.4) is 0 Å². The Morgan fingerprint density at radius 3 is 2.27 bits per heavy atom. The minimum Gasteiger partial charge on any atom is -0.470 e. The van der Waals surface area contributed by atoms with Gasteiger partial charge in [-0.05, 0) is 18.2 Å². The van der Waals surface area contributed by atoms with Crippen LogP contribution in [0.5, 0.6) is 0 Å². The molecule has 22 heavy (non-hydrogen) atoms. The maximum absolute atomic E-state index is 9.27. The summed E-state index contributed by atoms with van der Waals surface area (Å²) in [6.45, 7) is 0.894. The molecule has 0 unspecified atom stereocenters. The molecule has 6 nitrogen and oxygen atoms in total. The molecule has 1 aromatic heterocycles. The van der Waals surface area contributed by atoms with Gasteiger partial charge in [-0.15, -0.1) is 0 Å². The number of nitrogen functional groups attached to an aromatic ring is 1. The lowest BCUT2D eigenvalue weighted by Crippen LogP contribution is -2.30. The molecule has 0 spiro atoms. The maximum Gasteiger partial charge on any atom is 0.114 e. The number of hydrogen-bond acceptors (Lipinski definition) is 6. The van der Waals surface area contributed by atoms with Gasteiger partial charge in [-0.2, -0.15) is 0 Å². The zero-order chi connectivity index (χ0) is 16.1. The smallest absolute Gasteiger partial charge is 0.114 e. The Kier molecular flexibility index (Phi) is 5.30. The van der Waals surface area contributed by atoms with Crippen LogP contribution in [0.2, 0.25) is 0 Å². The fourth-order valence-corrected chi connectivity index (χ4v) is 2.48. The van der Waals surface area contributed by atoms with Gasteiger partial charge in [0.2, 0.25) is 0 Å². The van der Waals surface area contributed by atoms with Crippen LogP contribution in [0.25, 0.3) is 11.1 Å². The Labute approximate surface area is 130 Å². The number of aliphatic hydroxyl groups excluding tert-OH is 2. The molecule has 0 saturated heterocycles. The average molecular weight is 305 g/mol. The van der Waals surface area contributed by atoms with E-state index in [0.717, 1.165) is 22.5 Å². The van der Waals surface area contributed by atoms with E-state index < -0.39 is 0 Å². The van der Waals surface area contributed by atoms with E-state index >= 15 is 0 Å². The first-order valence-electron chi connectivity index (χ1n) is 7.18. The van der Waals surface area contributed by atoms with Gasteiger partial charge in [0.15, 0.2) is 0 Å². The summed E-state index contributed by atoms with van der Waals surface area (Å²) in [5.41, 5.74) is 10.3. The standard InChI is InChI=1S/C16H23N3O3/c1-18(2)16-11-22-10-14(16)13-9-12(17)3-4-15(13)19(5-7-20)6-8-21/h3-4,9-11,20-21H,5-8,17H2,1-2H3. The zero-order valence-electron chi connectivity index (χ0n) is 13.0. The van der Waals surface area contributed by atoms with Crippen molar-refractivity contribution in [3.8, 4) is 11.1 Å². The zero-order valence-corrected chi connectivity index (χ0v) is 13.0. The second-order valence-corrected chi connectivity index (χ2v) is 5.28. The predicted octanol–water partition coefficient (Wildman–Crippen LogP) is 1.39. The second-order valence-electron chi connectivity index (χ2n) is 5.28. The van der Waals surface area contributed by atoms with Crippen molar-refractivity contribution in [2.45, 2.75) is 0 Å². The van der Waals surface area contributed by atoms with Gasteiger partial charge in [0.25, 0.3) is 0 Å². The third-order valence-corrected chi connectivity index (χ3v) is 3.51. The Morgan fingerprint density at radius 2 is 1.68 bits per heavy atom. The molecule has 0 aliphatic heterocycles. The maximum atomic E-state index is 9.27. The summed E-state index contributed by atoms with van der Waals surface area (Å²) in [7, 11) is 3.89. The Hall–Kier alpha value is -2.18. The molecule has 0 radical (unpaired) electrons. The number of anilines is 3. The predicted molar refractivity (Wildman–Crippen MR) is 89.3 cm³/mol.